The number of rotatable bonds is 8. The molecule has 6 aromatic rings. The fourth-order valence-electron chi connectivity index (χ4n) is 5.53. The van der Waals surface area contributed by atoms with Crippen LogP contribution in [-0.4, -0.2) is 19.9 Å². The maximum atomic E-state index is 4.94. The van der Waals surface area contributed by atoms with Crippen LogP contribution in [0.5, 0.6) is 0 Å². The zero-order chi connectivity index (χ0) is 31.4. The number of pyridine rings is 4. The SMILES string of the molecule is CCC(C)c1ccc2ccc3ccc(C(C)CC)nc3c2n1.CCC(C)c1ccc2ccc3ccc(C(C)CC)nc3c2n1.[Cu]. The summed E-state index contributed by atoms with van der Waals surface area (Å²) in [5.41, 5.74) is 8.83. The van der Waals surface area contributed by atoms with E-state index in [0.717, 1.165) is 47.8 Å². The van der Waals surface area contributed by atoms with Crippen LogP contribution in [0.3, 0.4) is 0 Å². The van der Waals surface area contributed by atoms with Gasteiger partial charge in [-0.25, -0.2) is 0 Å². The van der Waals surface area contributed by atoms with Crippen molar-refractivity contribution < 1.29 is 17.1 Å². The normalized spacial score (nSPS) is 14.0. The Morgan fingerprint density at radius 3 is 0.711 bits per heavy atom. The number of nitrogens with zero attached hydrogens (tertiary/aromatic N) is 4. The van der Waals surface area contributed by atoms with E-state index in [4.69, 9.17) is 19.9 Å². The molecule has 4 unspecified atom stereocenters. The molecule has 0 fully saturated rings. The zero-order valence-corrected chi connectivity index (χ0v) is 29.1. The summed E-state index contributed by atoms with van der Waals surface area (Å²) in [6.45, 7) is 17.8. The minimum atomic E-state index is 0. The Hall–Kier alpha value is -3.40. The predicted molar refractivity (Wildman–Crippen MR) is 189 cm³/mol. The number of hydrogen-bond acceptors (Lipinski definition) is 4. The number of benzene rings is 2. The molecule has 0 bridgehead atoms. The van der Waals surface area contributed by atoms with Gasteiger partial charge in [0.15, 0.2) is 0 Å². The molecular formula is C40H48CuN4. The number of fused-ring (bicyclic) bond motifs is 6. The summed E-state index contributed by atoms with van der Waals surface area (Å²) in [4.78, 5) is 19.8. The summed E-state index contributed by atoms with van der Waals surface area (Å²) in [7, 11) is 0. The van der Waals surface area contributed by atoms with Gasteiger partial charge in [-0.2, -0.15) is 0 Å². The first-order chi connectivity index (χ1) is 21.3. The smallest absolute Gasteiger partial charge is 0.0968 e. The van der Waals surface area contributed by atoms with Crippen LogP contribution in [0.15, 0.2) is 72.8 Å². The molecule has 1 radical (unpaired) electrons. The summed E-state index contributed by atoms with van der Waals surface area (Å²) in [6.07, 6.45) is 4.42. The van der Waals surface area contributed by atoms with Crippen molar-refractivity contribution in [3.63, 3.8) is 0 Å². The Kier molecular flexibility index (Phi) is 11.7. The van der Waals surface area contributed by atoms with Gasteiger partial charge < -0.3 is 0 Å². The third kappa shape index (κ3) is 7.37. The van der Waals surface area contributed by atoms with Crippen molar-refractivity contribution in [1.82, 2.24) is 19.9 Å². The van der Waals surface area contributed by atoms with E-state index in [9.17, 15) is 0 Å². The second-order valence-corrected chi connectivity index (χ2v) is 12.6. The monoisotopic (exact) mass is 647 g/mol. The van der Waals surface area contributed by atoms with E-state index in [2.05, 4.69) is 128 Å². The summed E-state index contributed by atoms with van der Waals surface area (Å²) in [6, 6.07) is 25.9. The second-order valence-electron chi connectivity index (χ2n) is 12.6. The van der Waals surface area contributed by atoms with Gasteiger partial charge in [-0.3, -0.25) is 19.9 Å². The van der Waals surface area contributed by atoms with Crippen molar-refractivity contribution >= 4 is 43.6 Å². The molecule has 0 aliphatic carbocycles. The van der Waals surface area contributed by atoms with Crippen LogP contribution in [0.4, 0.5) is 0 Å². The van der Waals surface area contributed by atoms with Crippen LogP contribution in [-0.2, 0) is 17.1 Å². The average Bonchev–Trinajstić information content (AvgIpc) is 3.09. The number of hydrogen-bond donors (Lipinski definition) is 0. The summed E-state index contributed by atoms with van der Waals surface area (Å²) >= 11 is 0. The van der Waals surface area contributed by atoms with Crippen molar-refractivity contribution in [2.24, 2.45) is 0 Å². The molecule has 4 nitrogen and oxygen atoms in total. The van der Waals surface area contributed by atoms with Crippen molar-refractivity contribution in [2.45, 2.75) is 105 Å². The Labute approximate surface area is 280 Å². The molecule has 45 heavy (non-hydrogen) atoms. The van der Waals surface area contributed by atoms with E-state index < -0.39 is 0 Å². The third-order valence-electron chi connectivity index (χ3n) is 9.59. The van der Waals surface area contributed by atoms with E-state index in [1.54, 1.807) is 0 Å². The predicted octanol–water partition coefficient (Wildman–Crippen LogP) is 11.6. The number of aromatic nitrogens is 4. The van der Waals surface area contributed by atoms with Gasteiger partial charge in [-0.05, 0) is 73.6 Å². The molecule has 0 aliphatic rings. The van der Waals surface area contributed by atoms with Crippen LogP contribution >= 0.6 is 0 Å². The molecule has 5 heteroatoms. The molecule has 0 saturated heterocycles. The van der Waals surface area contributed by atoms with Gasteiger partial charge in [0, 0.05) is 61.4 Å². The van der Waals surface area contributed by atoms with E-state index in [0.29, 0.717) is 23.7 Å². The average molecular weight is 648 g/mol. The van der Waals surface area contributed by atoms with E-state index in [-0.39, 0.29) is 17.1 Å². The van der Waals surface area contributed by atoms with Gasteiger partial charge in [0.2, 0.25) is 0 Å². The summed E-state index contributed by atoms with van der Waals surface area (Å²) < 4.78 is 0. The molecule has 6 rings (SSSR count). The molecule has 0 N–H and O–H groups in total. The van der Waals surface area contributed by atoms with Crippen molar-refractivity contribution in [1.29, 1.82) is 0 Å². The molecule has 0 aliphatic heterocycles. The van der Waals surface area contributed by atoms with E-state index in [1.807, 2.05) is 0 Å². The van der Waals surface area contributed by atoms with Gasteiger partial charge in [-0.15, -0.1) is 0 Å². The quantitative estimate of drug-likeness (QED) is 0.122. The van der Waals surface area contributed by atoms with Crippen LogP contribution in [0, 0.1) is 0 Å². The topological polar surface area (TPSA) is 51.6 Å². The molecule has 239 valence electrons. The van der Waals surface area contributed by atoms with Crippen LogP contribution in [0.25, 0.3) is 43.6 Å². The van der Waals surface area contributed by atoms with E-state index in [1.165, 1.54) is 44.3 Å². The first-order valence-corrected chi connectivity index (χ1v) is 16.7. The van der Waals surface area contributed by atoms with Crippen LogP contribution < -0.4 is 0 Å². The molecular weight excluding hydrogens is 600 g/mol. The minimum Gasteiger partial charge on any atom is -0.250 e. The molecule has 4 heterocycles. The first-order valence-electron chi connectivity index (χ1n) is 16.7. The maximum absolute atomic E-state index is 4.94. The van der Waals surface area contributed by atoms with Crippen LogP contribution in [0.1, 0.15) is 128 Å². The Morgan fingerprint density at radius 1 is 0.356 bits per heavy atom. The molecule has 2 aromatic carbocycles. The summed E-state index contributed by atoms with van der Waals surface area (Å²) in [5, 5.41) is 4.70. The van der Waals surface area contributed by atoms with Crippen molar-refractivity contribution in [2.75, 3.05) is 0 Å². The standard InChI is InChI=1S/2C20H24N2.Cu/c2*1-5-13(3)17-11-9-15-7-8-16-10-12-18(14(4)6-2)22-20(16)19(15)21-17;/h2*7-14H,5-6H2,1-4H3;. The fourth-order valence-corrected chi connectivity index (χ4v) is 5.53. The second kappa shape index (κ2) is 15.3. The fraction of sp³-hybridized carbons (Fsp3) is 0.400. The largest absolute Gasteiger partial charge is 0.250 e. The molecule has 4 atom stereocenters. The van der Waals surface area contributed by atoms with E-state index >= 15 is 0 Å². The molecule has 0 saturated carbocycles. The maximum Gasteiger partial charge on any atom is 0.0968 e. The van der Waals surface area contributed by atoms with Gasteiger partial charge >= 0.3 is 0 Å². The zero-order valence-electron chi connectivity index (χ0n) is 28.2. The molecule has 0 spiro atoms. The summed E-state index contributed by atoms with van der Waals surface area (Å²) in [5.74, 6) is 1.93. The Morgan fingerprint density at radius 2 is 0.533 bits per heavy atom. The molecule has 0 amide bonds. The van der Waals surface area contributed by atoms with Crippen molar-refractivity contribution in [3.8, 4) is 0 Å². The Balaban J connectivity index is 0.000000200. The van der Waals surface area contributed by atoms with Crippen molar-refractivity contribution in [3.05, 3.63) is 95.6 Å². The van der Waals surface area contributed by atoms with Crippen LogP contribution in [0.2, 0.25) is 0 Å². The van der Waals surface area contributed by atoms with Gasteiger partial charge in [0.05, 0.1) is 22.1 Å². The van der Waals surface area contributed by atoms with Gasteiger partial charge in [0.1, 0.15) is 0 Å². The van der Waals surface area contributed by atoms with Gasteiger partial charge in [-0.1, -0.05) is 104 Å². The van der Waals surface area contributed by atoms with Gasteiger partial charge in [0.25, 0.3) is 0 Å². The minimum absolute atomic E-state index is 0. The third-order valence-corrected chi connectivity index (χ3v) is 9.59. The Bertz CT molecular complexity index is 1620. The molecule has 4 aromatic heterocycles. The first kappa shape index (κ1) is 34.5.